The lowest BCUT2D eigenvalue weighted by atomic mass is 10.3. The Morgan fingerprint density at radius 3 is 3.05 bits per heavy atom. The van der Waals surface area contributed by atoms with Crippen molar-refractivity contribution in [3.05, 3.63) is 35.6 Å². The topological polar surface area (TPSA) is 74.8 Å². The molecule has 8 heteroatoms. The minimum Gasteiger partial charge on any atom is -0.338 e. The van der Waals surface area contributed by atoms with Crippen LogP contribution in [-0.2, 0) is 11.3 Å². The summed E-state index contributed by atoms with van der Waals surface area (Å²) >= 11 is 2.96. The second-order valence-corrected chi connectivity index (χ2v) is 6.48. The molecule has 1 aromatic carbocycles. The van der Waals surface area contributed by atoms with E-state index in [4.69, 9.17) is 0 Å². The van der Waals surface area contributed by atoms with Crippen LogP contribution in [0.3, 0.4) is 0 Å². The van der Waals surface area contributed by atoms with E-state index in [1.165, 1.54) is 18.1 Å². The van der Waals surface area contributed by atoms with Crippen molar-refractivity contribution in [3.63, 3.8) is 0 Å². The fourth-order valence-electron chi connectivity index (χ4n) is 1.78. The second-order valence-electron chi connectivity index (χ2n) is 4.40. The van der Waals surface area contributed by atoms with E-state index in [0.717, 1.165) is 15.2 Å². The van der Waals surface area contributed by atoms with Gasteiger partial charge in [0.05, 0.1) is 22.5 Å². The molecule has 0 aliphatic heterocycles. The van der Waals surface area contributed by atoms with Gasteiger partial charge in [-0.1, -0.05) is 23.9 Å². The highest BCUT2D eigenvalue weighted by Crippen LogP contribution is 2.22. The summed E-state index contributed by atoms with van der Waals surface area (Å²) in [6.07, 6.45) is 1.43. The third-order valence-electron chi connectivity index (χ3n) is 2.86. The smallest absolute Gasteiger partial charge is 0.233 e. The zero-order valence-corrected chi connectivity index (χ0v) is 12.9. The molecule has 1 N–H and O–H groups in total. The van der Waals surface area contributed by atoms with Gasteiger partial charge in [0, 0.05) is 7.05 Å². The number of thioether (sulfide) groups is 1. The van der Waals surface area contributed by atoms with Crippen molar-refractivity contribution in [2.75, 3.05) is 12.8 Å². The van der Waals surface area contributed by atoms with Gasteiger partial charge in [-0.05, 0) is 12.1 Å². The first kappa shape index (κ1) is 14.0. The van der Waals surface area contributed by atoms with Crippen molar-refractivity contribution in [1.29, 1.82) is 0 Å². The van der Waals surface area contributed by atoms with E-state index in [1.807, 2.05) is 24.3 Å². The minimum atomic E-state index is 0.0376. The summed E-state index contributed by atoms with van der Waals surface area (Å²) in [5.74, 6) is 0.368. The Kier molecular flexibility index (Phi) is 4.16. The lowest BCUT2D eigenvalue weighted by molar-refractivity contribution is -0.127. The monoisotopic (exact) mass is 319 g/mol. The van der Waals surface area contributed by atoms with Crippen molar-refractivity contribution < 1.29 is 4.79 Å². The van der Waals surface area contributed by atoms with Crippen LogP contribution in [0.2, 0.25) is 0 Å². The molecule has 0 saturated heterocycles. The van der Waals surface area contributed by atoms with Crippen molar-refractivity contribution in [1.82, 2.24) is 25.1 Å². The predicted octanol–water partition coefficient (Wildman–Crippen LogP) is 2.17. The largest absolute Gasteiger partial charge is 0.338 e. The molecule has 0 aliphatic carbocycles. The zero-order chi connectivity index (χ0) is 14.7. The van der Waals surface area contributed by atoms with Gasteiger partial charge in [-0.15, -0.1) is 11.3 Å². The van der Waals surface area contributed by atoms with Crippen molar-refractivity contribution in [2.45, 2.75) is 11.7 Å². The average molecular weight is 319 g/mol. The average Bonchev–Trinajstić information content (AvgIpc) is 3.13. The summed E-state index contributed by atoms with van der Waals surface area (Å²) < 4.78 is 1.14. The second kappa shape index (κ2) is 6.23. The number of fused-ring (bicyclic) bond motifs is 1. The molecule has 0 fully saturated rings. The third-order valence-corrected chi connectivity index (χ3v) is 4.74. The number of rotatable bonds is 5. The standard InChI is InChI=1S/C13H13N5OS2/c1-18(12(19)7-20-13-14-8-15-17-13)6-11-16-9-4-2-3-5-10(9)21-11/h2-5,8H,6-7H2,1H3,(H,14,15,17). The number of hydrogen-bond donors (Lipinski definition) is 1. The number of H-pyrrole nitrogens is 1. The molecular formula is C13H13N5OS2. The first-order valence-electron chi connectivity index (χ1n) is 6.29. The highest BCUT2D eigenvalue weighted by Gasteiger charge is 2.13. The molecule has 0 spiro atoms. The SMILES string of the molecule is CN(Cc1nc2ccccc2s1)C(=O)CSc1ncn[nH]1. The molecule has 1 amide bonds. The molecular weight excluding hydrogens is 306 g/mol. The summed E-state index contributed by atoms with van der Waals surface area (Å²) in [7, 11) is 1.79. The first-order chi connectivity index (χ1) is 10.2. The van der Waals surface area contributed by atoms with E-state index in [1.54, 1.807) is 23.3 Å². The summed E-state index contributed by atoms with van der Waals surface area (Å²) in [4.78, 5) is 22.3. The fourth-order valence-corrected chi connectivity index (χ4v) is 3.52. The Morgan fingerprint density at radius 1 is 1.43 bits per heavy atom. The van der Waals surface area contributed by atoms with Crippen molar-refractivity contribution in [3.8, 4) is 0 Å². The normalized spacial score (nSPS) is 10.9. The van der Waals surface area contributed by atoms with Gasteiger partial charge < -0.3 is 4.90 Å². The van der Waals surface area contributed by atoms with Gasteiger partial charge in [-0.25, -0.2) is 9.97 Å². The van der Waals surface area contributed by atoms with Crippen LogP contribution in [-0.4, -0.2) is 43.8 Å². The number of hydrogen-bond acceptors (Lipinski definition) is 6. The number of carbonyl (C=O) groups is 1. The molecule has 0 atom stereocenters. The van der Waals surface area contributed by atoms with Gasteiger partial charge in [0.25, 0.3) is 0 Å². The van der Waals surface area contributed by atoms with Gasteiger partial charge in [0.1, 0.15) is 11.3 Å². The Balaban J connectivity index is 1.59. The number of aromatic amines is 1. The number of thiazole rings is 1. The van der Waals surface area contributed by atoms with Gasteiger partial charge in [0.2, 0.25) is 5.91 Å². The molecule has 0 unspecified atom stereocenters. The van der Waals surface area contributed by atoms with Crippen LogP contribution in [0.1, 0.15) is 5.01 Å². The summed E-state index contributed by atoms with van der Waals surface area (Å²) in [6.45, 7) is 0.523. The summed E-state index contributed by atoms with van der Waals surface area (Å²) in [5.41, 5.74) is 0.981. The summed E-state index contributed by atoms with van der Waals surface area (Å²) in [6, 6.07) is 7.98. The Morgan fingerprint density at radius 2 is 2.29 bits per heavy atom. The highest BCUT2D eigenvalue weighted by atomic mass is 32.2. The molecule has 2 heterocycles. The van der Waals surface area contributed by atoms with E-state index in [-0.39, 0.29) is 5.91 Å². The maximum Gasteiger partial charge on any atom is 0.233 e. The fraction of sp³-hybridized carbons (Fsp3) is 0.231. The van der Waals surface area contributed by atoms with Crippen LogP contribution >= 0.6 is 23.1 Å². The lowest BCUT2D eigenvalue weighted by Crippen LogP contribution is -2.27. The number of para-hydroxylation sites is 1. The molecule has 3 rings (SSSR count). The highest BCUT2D eigenvalue weighted by molar-refractivity contribution is 7.99. The van der Waals surface area contributed by atoms with Gasteiger partial charge in [-0.3, -0.25) is 9.89 Å². The molecule has 0 aliphatic rings. The molecule has 2 aromatic heterocycles. The third kappa shape index (κ3) is 3.40. The number of benzene rings is 1. The molecule has 6 nitrogen and oxygen atoms in total. The van der Waals surface area contributed by atoms with Gasteiger partial charge >= 0.3 is 0 Å². The lowest BCUT2D eigenvalue weighted by Gasteiger charge is -2.14. The maximum atomic E-state index is 12.1. The Bertz CT molecular complexity index is 707. The maximum absolute atomic E-state index is 12.1. The molecule has 108 valence electrons. The van der Waals surface area contributed by atoms with Crippen LogP contribution in [0.4, 0.5) is 0 Å². The van der Waals surface area contributed by atoms with Crippen molar-refractivity contribution in [2.24, 2.45) is 0 Å². The summed E-state index contributed by atoms with van der Waals surface area (Å²) in [5, 5.41) is 8.06. The van der Waals surface area contributed by atoms with Crippen LogP contribution in [0.15, 0.2) is 35.7 Å². The quantitative estimate of drug-likeness (QED) is 0.730. The Hall–Kier alpha value is -1.93. The number of amides is 1. The molecule has 0 saturated carbocycles. The van der Waals surface area contributed by atoms with Gasteiger partial charge in [-0.2, -0.15) is 5.10 Å². The van der Waals surface area contributed by atoms with Crippen LogP contribution < -0.4 is 0 Å². The van der Waals surface area contributed by atoms with Gasteiger partial charge in [0.15, 0.2) is 5.16 Å². The van der Waals surface area contributed by atoms with E-state index in [2.05, 4.69) is 20.2 Å². The number of nitrogens with zero attached hydrogens (tertiary/aromatic N) is 4. The van der Waals surface area contributed by atoms with E-state index in [9.17, 15) is 4.79 Å². The van der Waals surface area contributed by atoms with Crippen molar-refractivity contribution >= 4 is 39.2 Å². The Labute approximate surface area is 129 Å². The first-order valence-corrected chi connectivity index (χ1v) is 8.09. The van der Waals surface area contributed by atoms with E-state index >= 15 is 0 Å². The molecule has 0 bridgehead atoms. The zero-order valence-electron chi connectivity index (χ0n) is 11.3. The molecule has 3 aromatic rings. The van der Waals surface area contributed by atoms with E-state index in [0.29, 0.717) is 17.5 Å². The number of nitrogens with one attached hydrogen (secondary N) is 1. The molecule has 0 radical (unpaired) electrons. The van der Waals surface area contributed by atoms with E-state index < -0.39 is 0 Å². The minimum absolute atomic E-state index is 0.0376. The number of aromatic nitrogens is 4. The van der Waals surface area contributed by atoms with Crippen LogP contribution in [0.5, 0.6) is 0 Å². The van der Waals surface area contributed by atoms with Crippen LogP contribution in [0, 0.1) is 0 Å². The molecule has 21 heavy (non-hydrogen) atoms. The van der Waals surface area contributed by atoms with Crippen LogP contribution in [0.25, 0.3) is 10.2 Å². The predicted molar refractivity (Wildman–Crippen MR) is 83.2 cm³/mol. The number of carbonyl (C=O) groups excluding carboxylic acids is 1.